The van der Waals surface area contributed by atoms with Crippen LogP contribution in [0, 0.1) is 0 Å². The maximum absolute atomic E-state index is 12.2. The van der Waals surface area contributed by atoms with E-state index in [1.807, 2.05) is 5.01 Å². The molecule has 0 aromatic heterocycles. The molecule has 2 heterocycles. The van der Waals surface area contributed by atoms with Crippen LogP contribution in [0.5, 0.6) is 0 Å². The summed E-state index contributed by atoms with van der Waals surface area (Å²) >= 11 is 0. The van der Waals surface area contributed by atoms with Crippen LogP contribution in [0.15, 0.2) is 24.3 Å². The van der Waals surface area contributed by atoms with Gasteiger partial charge in [0, 0.05) is 26.1 Å². The number of amides is 3. The fourth-order valence-electron chi connectivity index (χ4n) is 2.89. The average Bonchev–Trinajstić information content (AvgIpc) is 2.78. The van der Waals surface area contributed by atoms with Gasteiger partial charge in [-0.3, -0.25) is 24.7 Å². The average molecular weight is 301 g/mol. The van der Waals surface area contributed by atoms with Gasteiger partial charge in [-0.25, -0.2) is 5.01 Å². The van der Waals surface area contributed by atoms with Gasteiger partial charge in [0.15, 0.2) is 0 Å². The third-order valence-electron chi connectivity index (χ3n) is 4.08. The number of carbonyl (C=O) groups is 3. The van der Waals surface area contributed by atoms with Gasteiger partial charge in [0.1, 0.15) is 0 Å². The van der Waals surface area contributed by atoms with E-state index in [1.54, 1.807) is 24.3 Å². The third kappa shape index (κ3) is 2.87. The first-order chi connectivity index (χ1) is 10.7. The molecule has 6 heteroatoms. The molecule has 0 spiro atoms. The molecule has 0 saturated carbocycles. The number of rotatable bonds is 4. The summed E-state index contributed by atoms with van der Waals surface area (Å²) in [6, 6.07) is 6.75. The van der Waals surface area contributed by atoms with E-state index in [1.165, 1.54) is 6.42 Å². The van der Waals surface area contributed by atoms with E-state index in [-0.39, 0.29) is 30.7 Å². The van der Waals surface area contributed by atoms with Crippen LogP contribution >= 0.6 is 0 Å². The van der Waals surface area contributed by atoms with Crippen LogP contribution in [0.3, 0.4) is 0 Å². The van der Waals surface area contributed by atoms with Crippen molar-refractivity contribution in [1.82, 2.24) is 15.3 Å². The molecule has 3 rings (SSSR count). The Kier molecular flexibility index (Phi) is 4.20. The first kappa shape index (κ1) is 14.7. The Morgan fingerprint density at radius 1 is 1.00 bits per heavy atom. The minimum atomic E-state index is -0.314. The quantitative estimate of drug-likeness (QED) is 0.848. The monoisotopic (exact) mass is 301 g/mol. The van der Waals surface area contributed by atoms with Crippen molar-refractivity contribution in [3.05, 3.63) is 35.4 Å². The molecule has 1 aromatic carbocycles. The molecule has 2 aliphatic rings. The number of carbonyl (C=O) groups excluding carboxylic acids is 3. The fraction of sp³-hybridized carbons (Fsp3) is 0.438. The maximum Gasteiger partial charge on any atom is 0.261 e. The first-order valence-electron chi connectivity index (χ1n) is 7.66. The van der Waals surface area contributed by atoms with Crippen LogP contribution in [-0.2, 0) is 4.79 Å². The van der Waals surface area contributed by atoms with Gasteiger partial charge >= 0.3 is 0 Å². The second kappa shape index (κ2) is 6.27. The van der Waals surface area contributed by atoms with Gasteiger partial charge in [0.2, 0.25) is 5.91 Å². The lowest BCUT2D eigenvalue weighted by molar-refractivity contribution is -0.126. The predicted octanol–water partition coefficient (Wildman–Crippen LogP) is 1.19. The molecule has 1 aromatic rings. The maximum atomic E-state index is 12.2. The molecular weight excluding hydrogens is 282 g/mol. The van der Waals surface area contributed by atoms with Crippen LogP contribution in [-0.4, -0.2) is 47.3 Å². The van der Waals surface area contributed by atoms with Gasteiger partial charge in [0.25, 0.3) is 11.8 Å². The molecule has 0 aliphatic carbocycles. The Balaban J connectivity index is 1.55. The highest BCUT2D eigenvalue weighted by Crippen LogP contribution is 2.22. The molecule has 1 fully saturated rings. The number of nitrogens with zero attached hydrogens (tertiary/aromatic N) is 2. The summed E-state index contributed by atoms with van der Waals surface area (Å²) in [5.74, 6) is -0.781. The number of imide groups is 1. The van der Waals surface area contributed by atoms with Crippen molar-refractivity contribution >= 4 is 17.7 Å². The number of hydrogen-bond donors (Lipinski definition) is 1. The van der Waals surface area contributed by atoms with Crippen LogP contribution in [0.4, 0.5) is 0 Å². The lowest BCUT2D eigenvalue weighted by Crippen LogP contribution is -2.46. The second-order valence-electron chi connectivity index (χ2n) is 5.64. The highest BCUT2D eigenvalue weighted by molar-refractivity contribution is 6.21. The zero-order valence-corrected chi connectivity index (χ0v) is 12.4. The van der Waals surface area contributed by atoms with Crippen molar-refractivity contribution in [3.8, 4) is 0 Å². The molecule has 0 atom stereocenters. The van der Waals surface area contributed by atoms with Gasteiger partial charge in [-0.1, -0.05) is 18.6 Å². The Hall–Kier alpha value is -2.21. The van der Waals surface area contributed by atoms with E-state index in [9.17, 15) is 14.4 Å². The summed E-state index contributed by atoms with van der Waals surface area (Å²) in [4.78, 5) is 37.5. The van der Waals surface area contributed by atoms with Crippen molar-refractivity contribution < 1.29 is 14.4 Å². The summed E-state index contributed by atoms with van der Waals surface area (Å²) in [6.07, 6.45) is 3.49. The topological polar surface area (TPSA) is 69.7 Å². The Labute approximate surface area is 129 Å². The van der Waals surface area contributed by atoms with Gasteiger partial charge in [-0.15, -0.1) is 0 Å². The second-order valence-corrected chi connectivity index (χ2v) is 5.64. The van der Waals surface area contributed by atoms with Gasteiger partial charge in [-0.05, 0) is 25.0 Å². The number of fused-ring (bicyclic) bond motifs is 1. The first-order valence-corrected chi connectivity index (χ1v) is 7.66. The van der Waals surface area contributed by atoms with E-state index in [2.05, 4.69) is 5.43 Å². The van der Waals surface area contributed by atoms with Crippen LogP contribution in [0.1, 0.15) is 46.4 Å². The predicted molar refractivity (Wildman–Crippen MR) is 80.0 cm³/mol. The number of benzene rings is 1. The van der Waals surface area contributed by atoms with E-state index in [4.69, 9.17) is 0 Å². The summed E-state index contributed by atoms with van der Waals surface area (Å²) in [7, 11) is 0. The van der Waals surface area contributed by atoms with E-state index >= 15 is 0 Å². The molecule has 6 nitrogen and oxygen atoms in total. The van der Waals surface area contributed by atoms with Crippen molar-refractivity contribution in [1.29, 1.82) is 0 Å². The molecule has 1 saturated heterocycles. The van der Waals surface area contributed by atoms with E-state index in [0.29, 0.717) is 11.1 Å². The SMILES string of the molecule is O=C(CCN1C(=O)c2ccccc2C1=O)NN1CCCCC1. The van der Waals surface area contributed by atoms with Crippen LogP contribution in [0.25, 0.3) is 0 Å². The molecule has 116 valence electrons. The number of hydrazine groups is 1. The van der Waals surface area contributed by atoms with Crippen molar-refractivity contribution in [3.63, 3.8) is 0 Å². The van der Waals surface area contributed by atoms with E-state index < -0.39 is 0 Å². The highest BCUT2D eigenvalue weighted by atomic mass is 16.2. The summed E-state index contributed by atoms with van der Waals surface area (Å²) in [5, 5.41) is 1.91. The Morgan fingerprint density at radius 2 is 1.59 bits per heavy atom. The summed E-state index contributed by atoms with van der Waals surface area (Å²) in [6.45, 7) is 1.84. The zero-order chi connectivity index (χ0) is 15.5. The van der Waals surface area contributed by atoms with Gasteiger partial charge in [0.05, 0.1) is 11.1 Å². The van der Waals surface area contributed by atoms with Crippen molar-refractivity contribution in [2.24, 2.45) is 0 Å². The smallest absolute Gasteiger partial charge is 0.261 e. The Morgan fingerprint density at radius 3 is 2.18 bits per heavy atom. The molecule has 22 heavy (non-hydrogen) atoms. The largest absolute Gasteiger partial charge is 0.289 e. The normalized spacial score (nSPS) is 18.5. The van der Waals surface area contributed by atoms with Gasteiger partial charge in [-0.2, -0.15) is 0 Å². The number of hydrogen-bond acceptors (Lipinski definition) is 4. The lowest BCUT2D eigenvalue weighted by atomic mass is 10.1. The molecule has 0 bridgehead atoms. The standard InChI is InChI=1S/C16H19N3O3/c20-14(17-18-9-4-1-5-10-18)8-11-19-15(21)12-6-2-3-7-13(12)16(19)22/h2-3,6-7H,1,4-5,8-11H2,(H,17,20). The van der Waals surface area contributed by atoms with Crippen LogP contribution in [0.2, 0.25) is 0 Å². The highest BCUT2D eigenvalue weighted by Gasteiger charge is 2.35. The molecule has 0 unspecified atom stereocenters. The van der Waals surface area contributed by atoms with Crippen molar-refractivity contribution in [2.45, 2.75) is 25.7 Å². The van der Waals surface area contributed by atoms with Crippen molar-refractivity contribution in [2.75, 3.05) is 19.6 Å². The molecule has 0 radical (unpaired) electrons. The third-order valence-corrected chi connectivity index (χ3v) is 4.08. The van der Waals surface area contributed by atoms with Crippen LogP contribution < -0.4 is 5.43 Å². The molecular formula is C16H19N3O3. The fourth-order valence-corrected chi connectivity index (χ4v) is 2.89. The number of nitrogens with one attached hydrogen (secondary N) is 1. The summed E-state index contributed by atoms with van der Waals surface area (Å²) in [5.41, 5.74) is 3.68. The van der Waals surface area contributed by atoms with E-state index in [0.717, 1.165) is 30.8 Å². The minimum absolute atomic E-state index is 0.117. The molecule has 3 amide bonds. The zero-order valence-electron chi connectivity index (χ0n) is 12.4. The Bertz CT molecular complexity index is 573. The number of piperidine rings is 1. The molecule has 1 N–H and O–H groups in total. The van der Waals surface area contributed by atoms with Gasteiger partial charge < -0.3 is 0 Å². The summed E-state index contributed by atoms with van der Waals surface area (Å²) < 4.78 is 0. The minimum Gasteiger partial charge on any atom is -0.289 e. The molecule has 2 aliphatic heterocycles. The lowest BCUT2D eigenvalue weighted by Gasteiger charge is -2.27.